The predicted octanol–water partition coefficient (Wildman–Crippen LogP) is 3.40. The molecule has 2 aromatic carbocycles. The second-order valence-electron chi connectivity index (χ2n) is 4.82. The molecule has 0 radical (unpaired) electrons. The number of rotatable bonds is 6. The molecule has 0 aliphatic rings. The van der Waals surface area contributed by atoms with Gasteiger partial charge in [-0.15, -0.1) is 0 Å². The maximum absolute atomic E-state index is 13.7. The first-order valence-electron chi connectivity index (χ1n) is 7.08. The van der Waals surface area contributed by atoms with Crippen molar-refractivity contribution in [2.45, 2.75) is 0 Å². The third kappa shape index (κ3) is 4.93. The number of hydrogen-bond acceptors (Lipinski definition) is 5. The standard InChI is InChI=1S/C17H15BrFNO5/c1-23-15-7-10(17(22)24-2)3-6-14(15)25-9-16(21)20-13-5-4-11(18)8-12(13)19/h3-8H,9H2,1-2H3,(H,20,21). The van der Waals surface area contributed by atoms with E-state index in [4.69, 9.17) is 9.47 Å². The zero-order valence-electron chi connectivity index (χ0n) is 13.5. The molecule has 1 N–H and O–H groups in total. The van der Waals surface area contributed by atoms with Crippen molar-refractivity contribution in [3.63, 3.8) is 0 Å². The summed E-state index contributed by atoms with van der Waals surface area (Å²) in [6, 6.07) is 8.68. The quantitative estimate of drug-likeness (QED) is 0.737. The van der Waals surface area contributed by atoms with Crippen LogP contribution in [0.5, 0.6) is 11.5 Å². The van der Waals surface area contributed by atoms with Gasteiger partial charge in [-0.2, -0.15) is 0 Å². The summed E-state index contributed by atoms with van der Waals surface area (Å²) >= 11 is 3.14. The third-order valence-electron chi connectivity index (χ3n) is 3.15. The van der Waals surface area contributed by atoms with E-state index in [1.807, 2.05) is 0 Å². The summed E-state index contributed by atoms with van der Waals surface area (Å²) in [6.45, 7) is -0.358. The van der Waals surface area contributed by atoms with E-state index in [9.17, 15) is 14.0 Å². The number of esters is 1. The number of carbonyl (C=O) groups is 2. The normalized spacial score (nSPS) is 10.1. The van der Waals surface area contributed by atoms with Crippen molar-refractivity contribution >= 4 is 33.5 Å². The van der Waals surface area contributed by atoms with Gasteiger partial charge >= 0.3 is 5.97 Å². The van der Waals surface area contributed by atoms with Crippen molar-refractivity contribution in [2.24, 2.45) is 0 Å². The molecule has 0 atom stereocenters. The van der Waals surface area contributed by atoms with E-state index in [0.29, 0.717) is 4.47 Å². The Morgan fingerprint density at radius 3 is 2.52 bits per heavy atom. The van der Waals surface area contributed by atoms with E-state index < -0.39 is 17.7 Å². The van der Waals surface area contributed by atoms with Crippen molar-refractivity contribution in [1.82, 2.24) is 0 Å². The maximum Gasteiger partial charge on any atom is 0.337 e. The molecule has 0 heterocycles. The van der Waals surface area contributed by atoms with Crippen LogP contribution in [0.3, 0.4) is 0 Å². The minimum absolute atomic E-state index is 0.0461. The maximum atomic E-state index is 13.7. The van der Waals surface area contributed by atoms with Crippen molar-refractivity contribution < 1.29 is 28.2 Å². The number of nitrogens with one attached hydrogen (secondary N) is 1. The van der Waals surface area contributed by atoms with Gasteiger partial charge in [0.2, 0.25) is 0 Å². The fourth-order valence-electron chi connectivity index (χ4n) is 1.95. The summed E-state index contributed by atoms with van der Waals surface area (Å²) in [5, 5.41) is 2.41. The summed E-state index contributed by atoms with van der Waals surface area (Å²) in [4.78, 5) is 23.4. The van der Waals surface area contributed by atoms with E-state index in [0.717, 1.165) is 0 Å². The van der Waals surface area contributed by atoms with Crippen LogP contribution in [0.2, 0.25) is 0 Å². The Kier molecular flexibility index (Phi) is 6.35. The second kappa shape index (κ2) is 8.48. The number of methoxy groups -OCH3 is 2. The molecule has 132 valence electrons. The summed E-state index contributed by atoms with van der Waals surface area (Å²) in [5.74, 6) is -1.09. The Morgan fingerprint density at radius 1 is 1.12 bits per heavy atom. The molecular weight excluding hydrogens is 397 g/mol. The number of hydrogen-bond donors (Lipinski definition) is 1. The average Bonchev–Trinajstić information content (AvgIpc) is 2.61. The van der Waals surface area contributed by atoms with Gasteiger partial charge in [0, 0.05) is 4.47 Å². The molecule has 0 unspecified atom stereocenters. The molecular formula is C17H15BrFNO5. The lowest BCUT2D eigenvalue weighted by Gasteiger charge is -2.12. The van der Waals surface area contributed by atoms with Gasteiger partial charge in [0.15, 0.2) is 18.1 Å². The van der Waals surface area contributed by atoms with Crippen LogP contribution in [-0.2, 0) is 9.53 Å². The highest BCUT2D eigenvalue weighted by Gasteiger charge is 2.13. The van der Waals surface area contributed by atoms with E-state index in [-0.39, 0.29) is 29.4 Å². The minimum atomic E-state index is -0.567. The van der Waals surface area contributed by atoms with Crippen LogP contribution in [0.25, 0.3) is 0 Å². The number of benzene rings is 2. The van der Waals surface area contributed by atoms with Gasteiger partial charge in [-0.25, -0.2) is 9.18 Å². The Labute approximate surface area is 152 Å². The molecule has 2 rings (SSSR count). The fraction of sp³-hybridized carbons (Fsp3) is 0.176. The number of anilines is 1. The van der Waals surface area contributed by atoms with E-state index in [2.05, 4.69) is 26.0 Å². The highest BCUT2D eigenvalue weighted by Crippen LogP contribution is 2.28. The Morgan fingerprint density at radius 2 is 1.88 bits per heavy atom. The van der Waals surface area contributed by atoms with E-state index in [1.54, 1.807) is 6.07 Å². The van der Waals surface area contributed by atoms with Crippen molar-refractivity contribution in [1.29, 1.82) is 0 Å². The number of carbonyl (C=O) groups excluding carboxylic acids is 2. The lowest BCUT2D eigenvalue weighted by molar-refractivity contribution is -0.118. The van der Waals surface area contributed by atoms with Crippen LogP contribution < -0.4 is 14.8 Å². The highest BCUT2D eigenvalue weighted by molar-refractivity contribution is 9.10. The molecule has 0 fully saturated rings. The molecule has 25 heavy (non-hydrogen) atoms. The topological polar surface area (TPSA) is 73.9 Å². The van der Waals surface area contributed by atoms with Crippen LogP contribution in [0.4, 0.5) is 10.1 Å². The van der Waals surface area contributed by atoms with Crippen LogP contribution >= 0.6 is 15.9 Å². The summed E-state index contributed by atoms with van der Waals surface area (Å²) in [7, 11) is 2.67. The SMILES string of the molecule is COC(=O)c1ccc(OCC(=O)Nc2ccc(Br)cc2F)c(OC)c1. The molecule has 1 amide bonds. The lowest BCUT2D eigenvalue weighted by atomic mass is 10.2. The minimum Gasteiger partial charge on any atom is -0.493 e. The fourth-order valence-corrected chi connectivity index (χ4v) is 2.29. The third-order valence-corrected chi connectivity index (χ3v) is 3.64. The second-order valence-corrected chi connectivity index (χ2v) is 5.73. The van der Waals surface area contributed by atoms with Crippen LogP contribution in [0, 0.1) is 5.82 Å². The van der Waals surface area contributed by atoms with Gasteiger partial charge in [-0.3, -0.25) is 4.79 Å². The monoisotopic (exact) mass is 411 g/mol. The lowest BCUT2D eigenvalue weighted by Crippen LogP contribution is -2.21. The van der Waals surface area contributed by atoms with Crippen molar-refractivity contribution in [3.8, 4) is 11.5 Å². The molecule has 0 spiro atoms. The van der Waals surface area contributed by atoms with Gasteiger partial charge in [0.1, 0.15) is 5.82 Å². The number of ether oxygens (including phenoxy) is 3. The first-order valence-corrected chi connectivity index (χ1v) is 7.88. The first-order chi connectivity index (χ1) is 11.9. The van der Waals surface area contributed by atoms with Crippen molar-refractivity contribution in [3.05, 3.63) is 52.3 Å². The van der Waals surface area contributed by atoms with Gasteiger partial charge < -0.3 is 19.5 Å². The number of halogens is 2. The van der Waals surface area contributed by atoms with E-state index in [1.165, 1.54) is 44.6 Å². The molecule has 0 saturated heterocycles. The molecule has 0 aromatic heterocycles. The number of amides is 1. The molecule has 6 nitrogen and oxygen atoms in total. The molecule has 0 aliphatic carbocycles. The zero-order valence-corrected chi connectivity index (χ0v) is 15.1. The highest BCUT2D eigenvalue weighted by atomic mass is 79.9. The first kappa shape index (κ1) is 18.7. The van der Waals surface area contributed by atoms with Gasteiger partial charge in [-0.05, 0) is 36.4 Å². The molecule has 0 aliphatic heterocycles. The smallest absolute Gasteiger partial charge is 0.337 e. The molecule has 0 bridgehead atoms. The Bertz CT molecular complexity index is 797. The summed E-state index contributed by atoms with van der Waals surface area (Å²) in [5.41, 5.74) is 0.331. The Balaban J connectivity index is 2.02. The van der Waals surface area contributed by atoms with E-state index >= 15 is 0 Å². The van der Waals surface area contributed by atoms with Gasteiger partial charge in [0.25, 0.3) is 5.91 Å². The summed E-state index contributed by atoms with van der Waals surface area (Å²) in [6.07, 6.45) is 0. The summed E-state index contributed by atoms with van der Waals surface area (Å²) < 4.78 is 29.4. The average molecular weight is 412 g/mol. The van der Waals surface area contributed by atoms with Gasteiger partial charge in [-0.1, -0.05) is 15.9 Å². The predicted molar refractivity (Wildman–Crippen MR) is 92.6 cm³/mol. The molecule has 2 aromatic rings. The van der Waals surface area contributed by atoms with Crippen molar-refractivity contribution in [2.75, 3.05) is 26.1 Å². The van der Waals surface area contributed by atoms with Crippen LogP contribution in [-0.4, -0.2) is 32.7 Å². The largest absolute Gasteiger partial charge is 0.493 e. The van der Waals surface area contributed by atoms with Crippen LogP contribution in [0.1, 0.15) is 10.4 Å². The molecule has 8 heteroatoms. The zero-order chi connectivity index (χ0) is 18.4. The van der Waals surface area contributed by atoms with Crippen LogP contribution in [0.15, 0.2) is 40.9 Å². The molecule has 0 saturated carbocycles. The van der Waals surface area contributed by atoms with Gasteiger partial charge in [0.05, 0.1) is 25.5 Å². The Hall–Kier alpha value is -2.61.